The molecule has 0 aromatic heterocycles. The molecule has 0 spiro atoms. The summed E-state index contributed by atoms with van der Waals surface area (Å²) in [5, 5.41) is 6.60. The van der Waals surface area contributed by atoms with Crippen molar-refractivity contribution in [1.82, 2.24) is 10.6 Å². The molecule has 2 N–H and O–H groups in total. The monoisotopic (exact) mass is 485 g/mol. The molecule has 27 heavy (non-hydrogen) atoms. The number of hydrogen-bond acceptors (Lipinski definition) is 2. The van der Waals surface area contributed by atoms with Crippen molar-refractivity contribution in [1.29, 1.82) is 0 Å². The number of aliphatic imine (C=N–C) groups is 1. The first-order chi connectivity index (χ1) is 12.7. The highest BCUT2D eigenvalue weighted by Gasteiger charge is 2.04. The fourth-order valence-electron chi connectivity index (χ4n) is 2.65. The summed E-state index contributed by atoms with van der Waals surface area (Å²) in [4.78, 5) is 4.59. The van der Waals surface area contributed by atoms with Crippen LogP contribution >= 0.6 is 24.0 Å². The van der Waals surface area contributed by atoms with E-state index in [0.717, 1.165) is 37.5 Å². The van der Waals surface area contributed by atoms with Crippen LogP contribution in [0.2, 0.25) is 0 Å². The van der Waals surface area contributed by atoms with E-state index in [-0.39, 0.29) is 36.4 Å². The average molecular weight is 485 g/mol. The van der Waals surface area contributed by atoms with Crippen molar-refractivity contribution in [2.45, 2.75) is 32.9 Å². The zero-order valence-electron chi connectivity index (χ0n) is 16.0. The van der Waals surface area contributed by atoms with Crippen molar-refractivity contribution in [2.75, 3.05) is 20.2 Å². The van der Waals surface area contributed by atoms with E-state index in [9.17, 15) is 4.39 Å². The third kappa shape index (κ3) is 8.71. The SMILES string of the molecule is CCNC(=NCc1ccc(F)c(COC)c1)NCCCc1ccccc1.I. The number of aryl methyl sites for hydroxylation is 1. The van der Waals surface area contributed by atoms with Crippen molar-refractivity contribution in [3.05, 3.63) is 71.0 Å². The minimum Gasteiger partial charge on any atom is -0.380 e. The molecule has 0 radical (unpaired) electrons. The molecule has 0 aliphatic rings. The average Bonchev–Trinajstić information content (AvgIpc) is 2.66. The predicted octanol–water partition coefficient (Wildman–Crippen LogP) is 4.28. The Kier molecular flexibility index (Phi) is 11.7. The van der Waals surface area contributed by atoms with E-state index < -0.39 is 0 Å². The molecule has 0 unspecified atom stereocenters. The smallest absolute Gasteiger partial charge is 0.191 e. The summed E-state index contributed by atoms with van der Waals surface area (Å²) in [6.07, 6.45) is 2.06. The van der Waals surface area contributed by atoms with Gasteiger partial charge >= 0.3 is 0 Å². The van der Waals surface area contributed by atoms with Gasteiger partial charge in [0, 0.05) is 25.8 Å². The third-order valence-electron chi connectivity index (χ3n) is 3.95. The van der Waals surface area contributed by atoms with Crippen LogP contribution < -0.4 is 10.6 Å². The summed E-state index contributed by atoms with van der Waals surface area (Å²) in [5.74, 6) is 0.531. The number of nitrogens with one attached hydrogen (secondary N) is 2. The Morgan fingerprint density at radius 2 is 1.85 bits per heavy atom. The topological polar surface area (TPSA) is 45.7 Å². The van der Waals surface area contributed by atoms with E-state index >= 15 is 0 Å². The lowest BCUT2D eigenvalue weighted by Gasteiger charge is -2.11. The van der Waals surface area contributed by atoms with Gasteiger partial charge in [0.05, 0.1) is 13.2 Å². The van der Waals surface area contributed by atoms with Gasteiger partial charge in [-0.3, -0.25) is 0 Å². The van der Waals surface area contributed by atoms with Gasteiger partial charge in [-0.25, -0.2) is 9.38 Å². The maximum atomic E-state index is 13.7. The second-order valence-electron chi connectivity index (χ2n) is 6.07. The molecule has 0 aliphatic carbocycles. The molecule has 0 fully saturated rings. The summed E-state index contributed by atoms with van der Waals surface area (Å²) in [6, 6.07) is 15.5. The maximum absolute atomic E-state index is 13.7. The summed E-state index contributed by atoms with van der Waals surface area (Å²) in [6.45, 7) is 4.43. The maximum Gasteiger partial charge on any atom is 0.191 e. The summed E-state index contributed by atoms with van der Waals surface area (Å²) >= 11 is 0. The Labute approximate surface area is 178 Å². The highest BCUT2D eigenvalue weighted by molar-refractivity contribution is 14.0. The first kappa shape index (κ1) is 23.4. The predicted molar refractivity (Wildman–Crippen MR) is 120 cm³/mol. The first-order valence-electron chi connectivity index (χ1n) is 9.05. The van der Waals surface area contributed by atoms with Gasteiger partial charge in [0.2, 0.25) is 0 Å². The van der Waals surface area contributed by atoms with Gasteiger partial charge in [-0.15, -0.1) is 24.0 Å². The van der Waals surface area contributed by atoms with Crippen LogP contribution in [0.25, 0.3) is 0 Å². The summed E-state index contributed by atoms with van der Waals surface area (Å²) < 4.78 is 18.7. The number of rotatable bonds is 9. The number of guanidine groups is 1. The number of hydrogen-bond donors (Lipinski definition) is 2. The molecule has 0 atom stereocenters. The highest BCUT2D eigenvalue weighted by atomic mass is 127. The Morgan fingerprint density at radius 3 is 2.56 bits per heavy atom. The lowest BCUT2D eigenvalue weighted by atomic mass is 10.1. The van der Waals surface area contributed by atoms with Gasteiger partial charge < -0.3 is 15.4 Å². The molecule has 148 valence electrons. The normalized spacial score (nSPS) is 11.0. The van der Waals surface area contributed by atoms with Crippen molar-refractivity contribution >= 4 is 29.9 Å². The van der Waals surface area contributed by atoms with Crippen LogP contribution in [0.5, 0.6) is 0 Å². The fraction of sp³-hybridized carbons (Fsp3) is 0.381. The van der Waals surface area contributed by atoms with Crippen LogP contribution in [0.15, 0.2) is 53.5 Å². The summed E-state index contributed by atoms with van der Waals surface area (Å²) in [7, 11) is 1.56. The molecule has 0 bridgehead atoms. The quantitative estimate of drug-likeness (QED) is 0.241. The Hall–Kier alpha value is -1.67. The van der Waals surface area contributed by atoms with Gasteiger partial charge in [-0.1, -0.05) is 36.4 Å². The molecule has 0 aliphatic heterocycles. The first-order valence-corrected chi connectivity index (χ1v) is 9.05. The van der Waals surface area contributed by atoms with Gasteiger partial charge in [-0.2, -0.15) is 0 Å². The molecule has 0 saturated heterocycles. The molecule has 2 rings (SSSR count). The van der Waals surface area contributed by atoms with Gasteiger partial charge in [-0.05, 0) is 43.0 Å². The Bertz CT molecular complexity index is 695. The molecule has 0 heterocycles. The van der Waals surface area contributed by atoms with E-state index in [4.69, 9.17) is 4.74 Å². The van der Waals surface area contributed by atoms with Crippen LogP contribution in [0.3, 0.4) is 0 Å². The second kappa shape index (κ2) is 13.5. The van der Waals surface area contributed by atoms with E-state index in [1.54, 1.807) is 19.2 Å². The minimum atomic E-state index is -0.245. The van der Waals surface area contributed by atoms with Crippen LogP contribution in [-0.2, 0) is 24.3 Å². The van der Waals surface area contributed by atoms with Crippen LogP contribution in [0.4, 0.5) is 4.39 Å². The van der Waals surface area contributed by atoms with Crippen LogP contribution in [0.1, 0.15) is 30.0 Å². The van der Waals surface area contributed by atoms with Crippen molar-refractivity contribution in [3.63, 3.8) is 0 Å². The number of nitrogens with zero attached hydrogens (tertiary/aromatic N) is 1. The van der Waals surface area contributed by atoms with E-state index in [1.807, 2.05) is 13.0 Å². The Morgan fingerprint density at radius 1 is 1.07 bits per heavy atom. The van der Waals surface area contributed by atoms with Crippen LogP contribution in [-0.4, -0.2) is 26.2 Å². The van der Waals surface area contributed by atoms with Gasteiger partial charge in [0.25, 0.3) is 0 Å². The molecular formula is C21H29FIN3O. The summed E-state index contributed by atoms with van der Waals surface area (Å²) in [5.41, 5.74) is 2.86. The zero-order valence-corrected chi connectivity index (χ0v) is 18.3. The number of ether oxygens (including phenoxy) is 1. The fourth-order valence-corrected chi connectivity index (χ4v) is 2.65. The minimum absolute atomic E-state index is 0. The molecule has 0 saturated carbocycles. The standard InChI is InChI=1S/C21H28FN3O.HI/c1-3-23-21(24-13-7-10-17-8-5-4-6-9-17)25-15-18-11-12-20(22)19(14-18)16-26-2;/h4-6,8-9,11-12,14H,3,7,10,13,15-16H2,1-2H3,(H2,23,24,25);1H. The van der Waals surface area contributed by atoms with Gasteiger partial charge in [0.1, 0.15) is 5.82 Å². The number of halogens is 2. The molecule has 2 aromatic carbocycles. The lowest BCUT2D eigenvalue weighted by Crippen LogP contribution is -2.37. The van der Waals surface area contributed by atoms with Crippen molar-refractivity contribution in [2.24, 2.45) is 4.99 Å². The highest BCUT2D eigenvalue weighted by Crippen LogP contribution is 2.12. The van der Waals surface area contributed by atoms with Crippen molar-refractivity contribution < 1.29 is 9.13 Å². The van der Waals surface area contributed by atoms with Crippen LogP contribution in [0, 0.1) is 5.82 Å². The number of benzene rings is 2. The molecular weight excluding hydrogens is 456 g/mol. The van der Waals surface area contributed by atoms with Crippen molar-refractivity contribution in [3.8, 4) is 0 Å². The Balaban J connectivity index is 0.00000364. The van der Waals surface area contributed by atoms with E-state index in [0.29, 0.717) is 12.1 Å². The third-order valence-corrected chi connectivity index (χ3v) is 3.95. The largest absolute Gasteiger partial charge is 0.380 e. The molecule has 4 nitrogen and oxygen atoms in total. The zero-order chi connectivity index (χ0) is 18.6. The molecule has 6 heteroatoms. The molecule has 2 aromatic rings. The second-order valence-corrected chi connectivity index (χ2v) is 6.07. The van der Waals surface area contributed by atoms with E-state index in [1.165, 1.54) is 11.6 Å². The molecule has 0 amide bonds. The van der Waals surface area contributed by atoms with E-state index in [2.05, 4.69) is 39.9 Å². The van der Waals surface area contributed by atoms with Gasteiger partial charge in [0.15, 0.2) is 5.96 Å². The number of methoxy groups -OCH3 is 1. The lowest BCUT2D eigenvalue weighted by molar-refractivity contribution is 0.181.